The fourth-order valence-electron chi connectivity index (χ4n) is 4.63. The first-order valence-electron chi connectivity index (χ1n) is 12.5. The fourth-order valence-corrected chi connectivity index (χ4v) is 4.63. The predicted octanol–water partition coefficient (Wildman–Crippen LogP) is 5.35. The summed E-state index contributed by atoms with van der Waals surface area (Å²) in [4.78, 5) is 27.7. The Kier molecular flexibility index (Phi) is 7.86. The number of rotatable bonds is 8. The Morgan fingerprint density at radius 2 is 1.77 bits per heavy atom. The minimum absolute atomic E-state index is 0.132. The zero-order chi connectivity index (χ0) is 24.8. The molecule has 35 heavy (non-hydrogen) atoms. The Morgan fingerprint density at radius 3 is 2.46 bits per heavy atom. The molecule has 4 rings (SSSR count). The summed E-state index contributed by atoms with van der Waals surface area (Å²) in [6.45, 7) is 7.07. The Labute approximate surface area is 208 Å². The van der Waals surface area contributed by atoms with Gasteiger partial charge in [-0.3, -0.25) is 9.59 Å². The highest BCUT2D eigenvalue weighted by atomic mass is 16.5. The minimum atomic E-state index is -0.591. The molecule has 3 aromatic rings. The third-order valence-electron chi connectivity index (χ3n) is 6.61. The van der Waals surface area contributed by atoms with Gasteiger partial charge in [0.25, 0.3) is 5.91 Å². The molecule has 0 radical (unpaired) electrons. The summed E-state index contributed by atoms with van der Waals surface area (Å²) in [6.07, 6.45) is 1.23. The molecule has 2 atom stereocenters. The molecule has 0 saturated carbocycles. The van der Waals surface area contributed by atoms with Crippen LogP contribution < -0.4 is 10.1 Å². The monoisotopic (exact) mass is 470 g/mol. The molecule has 1 aliphatic rings. The van der Waals surface area contributed by atoms with E-state index in [-0.39, 0.29) is 17.9 Å². The van der Waals surface area contributed by atoms with Crippen molar-refractivity contribution in [1.29, 1.82) is 0 Å². The molecule has 182 valence electrons. The molecule has 5 heteroatoms. The van der Waals surface area contributed by atoms with E-state index in [1.54, 1.807) is 0 Å². The summed E-state index contributed by atoms with van der Waals surface area (Å²) in [7, 11) is 0. The highest BCUT2D eigenvalue weighted by molar-refractivity contribution is 5.81. The number of hydrogen-bond donors (Lipinski definition) is 1. The minimum Gasteiger partial charge on any atom is -0.481 e. The van der Waals surface area contributed by atoms with Gasteiger partial charge in [-0.2, -0.15) is 0 Å². The largest absolute Gasteiger partial charge is 0.481 e. The van der Waals surface area contributed by atoms with Gasteiger partial charge in [0, 0.05) is 19.5 Å². The van der Waals surface area contributed by atoms with E-state index >= 15 is 0 Å². The topological polar surface area (TPSA) is 58.6 Å². The van der Waals surface area contributed by atoms with Gasteiger partial charge in [0.2, 0.25) is 5.91 Å². The van der Waals surface area contributed by atoms with Gasteiger partial charge < -0.3 is 15.0 Å². The number of nitrogens with one attached hydrogen (secondary N) is 1. The number of hydrogen-bond acceptors (Lipinski definition) is 3. The molecule has 0 aliphatic carbocycles. The van der Waals surface area contributed by atoms with Crippen LogP contribution in [0.3, 0.4) is 0 Å². The standard InChI is InChI=1S/C30H34N2O3/c1-4-27(30(34)31-20-22-9-7-6-8-10-22)35-25-16-15-23-17-18-32(28(33)5-2)29(26(23)19-25)24-13-11-21(3)12-14-24/h6-16,19,27,29H,4-5,17-18,20H2,1-3H3,(H,31,34)/t27-,29-/m1/s1. The fraction of sp³-hybridized carbons (Fsp3) is 0.333. The maximum atomic E-state index is 12.9. The molecule has 5 nitrogen and oxygen atoms in total. The number of carbonyl (C=O) groups excluding carboxylic acids is 2. The van der Waals surface area contributed by atoms with Gasteiger partial charge in [0.1, 0.15) is 5.75 Å². The molecule has 0 unspecified atom stereocenters. The van der Waals surface area contributed by atoms with Crippen molar-refractivity contribution in [3.05, 3.63) is 101 Å². The smallest absolute Gasteiger partial charge is 0.261 e. The lowest BCUT2D eigenvalue weighted by Gasteiger charge is -2.38. The van der Waals surface area contributed by atoms with E-state index in [1.807, 2.05) is 61.2 Å². The molecule has 0 spiro atoms. The lowest BCUT2D eigenvalue weighted by molar-refractivity contribution is -0.133. The van der Waals surface area contributed by atoms with E-state index < -0.39 is 6.10 Å². The number of fused-ring (bicyclic) bond motifs is 1. The number of carbonyl (C=O) groups is 2. The summed E-state index contributed by atoms with van der Waals surface area (Å²) in [6, 6.07) is 24.1. The van der Waals surface area contributed by atoms with Gasteiger partial charge in [0.05, 0.1) is 6.04 Å². The van der Waals surface area contributed by atoms with Crippen LogP contribution in [0.25, 0.3) is 0 Å². The van der Waals surface area contributed by atoms with Crippen molar-refractivity contribution in [3.8, 4) is 5.75 Å². The average Bonchev–Trinajstić information content (AvgIpc) is 2.90. The highest BCUT2D eigenvalue weighted by Crippen LogP contribution is 2.37. The zero-order valence-electron chi connectivity index (χ0n) is 20.8. The van der Waals surface area contributed by atoms with E-state index in [9.17, 15) is 9.59 Å². The Balaban J connectivity index is 1.58. The summed E-state index contributed by atoms with van der Waals surface area (Å²) < 4.78 is 6.19. The van der Waals surface area contributed by atoms with E-state index in [2.05, 4.69) is 42.6 Å². The number of nitrogens with zero attached hydrogens (tertiary/aromatic N) is 1. The van der Waals surface area contributed by atoms with Crippen LogP contribution in [0.15, 0.2) is 72.8 Å². The summed E-state index contributed by atoms with van der Waals surface area (Å²) >= 11 is 0. The molecule has 1 N–H and O–H groups in total. The van der Waals surface area contributed by atoms with Gasteiger partial charge in [-0.25, -0.2) is 0 Å². The summed E-state index contributed by atoms with van der Waals surface area (Å²) in [5, 5.41) is 2.99. The van der Waals surface area contributed by atoms with Crippen molar-refractivity contribution < 1.29 is 14.3 Å². The first-order valence-corrected chi connectivity index (χ1v) is 12.5. The maximum absolute atomic E-state index is 12.9. The number of ether oxygens (including phenoxy) is 1. The summed E-state index contributed by atoms with van der Waals surface area (Å²) in [5.74, 6) is 0.652. The molecule has 2 amide bonds. The van der Waals surface area contributed by atoms with Crippen molar-refractivity contribution in [2.24, 2.45) is 0 Å². The van der Waals surface area contributed by atoms with Crippen LogP contribution >= 0.6 is 0 Å². The lowest BCUT2D eigenvalue weighted by atomic mass is 9.87. The maximum Gasteiger partial charge on any atom is 0.261 e. The van der Waals surface area contributed by atoms with E-state index in [0.717, 1.165) is 23.1 Å². The average molecular weight is 471 g/mol. The van der Waals surface area contributed by atoms with Gasteiger partial charge in [-0.15, -0.1) is 0 Å². The number of amides is 2. The van der Waals surface area contributed by atoms with Crippen LogP contribution in [0, 0.1) is 6.92 Å². The third-order valence-corrected chi connectivity index (χ3v) is 6.61. The molecular formula is C30H34N2O3. The van der Waals surface area contributed by atoms with Gasteiger partial charge >= 0.3 is 0 Å². The second kappa shape index (κ2) is 11.2. The molecule has 0 saturated heterocycles. The summed E-state index contributed by atoms with van der Waals surface area (Å²) in [5.41, 5.74) is 5.60. The predicted molar refractivity (Wildman–Crippen MR) is 138 cm³/mol. The first-order chi connectivity index (χ1) is 17.0. The van der Waals surface area contributed by atoms with Crippen LogP contribution in [0.2, 0.25) is 0 Å². The quantitative estimate of drug-likeness (QED) is 0.483. The van der Waals surface area contributed by atoms with Crippen molar-refractivity contribution >= 4 is 11.8 Å². The normalized spacial score (nSPS) is 15.7. The van der Waals surface area contributed by atoms with Gasteiger partial charge in [0.15, 0.2) is 6.10 Å². The third kappa shape index (κ3) is 5.73. The van der Waals surface area contributed by atoms with E-state index in [0.29, 0.717) is 31.7 Å². The Hall–Kier alpha value is -3.60. The second-order valence-electron chi connectivity index (χ2n) is 9.08. The Bertz CT molecular complexity index is 1160. The van der Waals surface area contributed by atoms with Crippen LogP contribution in [-0.4, -0.2) is 29.4 Å². The van der Waals surface area contributed by atoms with Crippen LogP contribution in [0.5, 0.6) is 5.75 Å². The van der Waals surface area contributed by atoms with Crippen LogP contribution in [-0.2, 0) is 22.6 Å². The molecule has 1 aliphatic heterocycles. The molecule has 3 aromatic carbocycles. The second-order valence-corrected chi connectivity index (χ2v) is 9.08. The van der Waals surface area contributed by atoms with E-state index in [1.165, 1.54) is 11.1 Å². The molecule has 1 heterocycles. The van der Waals surface area contributed by atoms with Gasteiger partial charge in [-0.05, 0) is 54.2 Å². The van der Waals surface area contributed by atoms with Crippen LogP contribution in [0.1, 0.15) is 60.5 Å². The van der Waals surface area contributed by atoms with Crippen molar-refractivity contribution in [2.45, 2.75) is 58.7 Å². The zero-order valence-corrected chi connectivity index (χ0v) is 20.8. The van der Waals surface area contributed by atoms with Crippen molar-refractivity contribution in [3.63, 3.8) is 0 Å². The molecule has 0 fully saturated rings. The van der Waals surface area contributed by atoms with Crippen molar-refractivity contribution in [2.75, 3.05) is 6.54 Å². The number of aryl methyl sites for hydroxylation is 1. The van der Waals surface area contributed by atoms with Crippen molar-refractivity contribution in [1.82, 2.24) is 10.2 Å². The number of benzene rings is 3. The Morgan fingerprint density at radius 1 is 1.03 bits per heavy atom. The molecular weight excluding hydrogens is 436 g/mol. The SMILES string of the molecule is CCC(=O)N1CCc2ccc(O[C@H](CC)C(=O)NCc3ccccc3)cc2[C@H]1c1ccc(C)cc1. The first kappa shape index (κ1) is 24.5. The molecule has 0 aromatic heterocycles. The highest BCUT2D eigenvalue weighted by Gasteiger charge is 2.32. The van der Waals surface area contributed by atoms with Gasteiger partial charge in [-0.1, -0.05) is 80.1 Å². The van der Waals surface area contributed by atoms with E-state index in [4.69, 9.17) is 4.74 Å². The van der Waals surface area contributed by atoms with Crippen LogP contribution in [0.4, 0.5) is 0 Å². The lowest BCUT2D eigenvalue weighted by Crippen LogP contribution is -2.40. The molecule has 0 bridgehead atoms.